The summed E-state index contributed by atoms with van der Waals surface area (Å²) < 4.78 is 14.2. The lowest BCUT2D eigenvalue weighted by molar-refractivity contribution is 0.0947. The Hall–Kier alpha value is -2.74. The van der Waals surface area contributed by atoms with Gasteiger partial charge in [-0.1, -0.05) is 22.9 Å². The van der Waals surface area contributed by atoms with Crippen LogP contribution in [0.5, 0.6) is 0 Å². The summed E-state index contributed by atoms with van der Waals surface area (Å²) in [4.78, 5) is 26.7. The molecule has 0 aliphatic heterocycles. The number of aromatic amines is 1. The monoisotopic (exact) mass is 335 g/mol. The number of nitrogens with zero attached hydrogens (tertiary/aromatic N) is 3. The number of fused-ring (bicyclic) bond motifs is 1. The summed E-state index contributed by atoms with van der Waals surface area (Å²) in [7, 11) is 0. The molecular formula is C14H11ClFN5O2. The molecule has 0 atom stereocenters. The Bertz CT molecular complexity index is 965. The Balaban J connectivity index is 1.85. The quantitative estimate of drug-likeness (QED) is 0.757. The van der Waals surface area contributed by atoms with Crippen molar-refractivity contribution in [1.29, 1.82) is 0 Å². The molecule has 0 fully saturated rings. The van der Waals surface area contributed by atoms with Gasteiger partial charge < -0.3 is 10.3 Å². The number of nitrogens with one attached hydrogen (secondary N) is 2. The molecular weight excluding hydrogens is 325 g/mol. The largest absolute Gasteiger partial charge is 0.346 e. The predicted octanol–water partition coefficient (Wildman–Crippen LogP) is 1.45. The molecule has 0 radical (unpaired) electrons. The number of carbonyl (C=O) groups excluding carboxylic acids is 1. The number of hydrogen-bond acceptors (Lipinski definition) is 4. The van der Waals surface area contributed by atoms with Gasteiger partial charge in [0, 0.05) is 17.3 Å². The Morgan fingerprint density at radius 2 is 2.26 bits per heavy atom. The summed E-state index contributed by atoms with van der Waals surface area (Å²) in [6, 6.07) is 3.87. The van der Waals surface area contributed by atoms with E-state index in [1.54, 1.807) is 13.1 Å². The number of aryl methyl sites for hydroxylation is 1. The second-order valence-corrected chi connectivity index (χ2v) is 5.32. The van der Waals surface area contributed by atoms with Crippen LogP contribution in [-0.2, 0) is 6.54 Å². The molecule has 2 aromatic heterocycles. The van der Waals surface area contributed by atoms with Crippen LogP contribution in [-0.4, -0.2) is 25.7 Å². The van der Waals surface area contributed by atoms with Crippen molar-refractivity contribution in [2.75, 3.05) is 0 Å². The maximum atomic E-state index is 13.0. The van der Waals surface area contributed by atoms with Crippen LogP contribution in [0.25, 0.3) is 5.52 Å². The molecule has 3 rings (SSSR count). The number of rotatable bonds is 3. The summed E-state index contributed by atoms with van der Waals surface area (Å²) >= 11 is 5.90. The number of H-pyrrole nitrogens is 1. The molecule has 23 heavy (non-hydrogen) atoms. The molecule has 2 N–H and O–H groups in total. The van der Waals surface area contributed by atoms with Crippen molar-refractivity contribution in [3.05, 3.63) is 62.5 Å². The molecule has 118 valence electrons. The van der Waals surface area contributed by atoms with Gasteiger partial charge in [-0.15, -0.1) is 5.10 Å². The van der Waals surface area contributed by atoms with Crippen LogP contribution >= 0.6 is 11.6 Å². The van der Waals surface area contributed by atoms with Crippen LogP contribution in [0.15, 0.2) is 29.2 Å². The highest BCUT2D eigenvalue weighted by molar-refractivity contribution is 6.31. The molecule has 3 aromatic rings. The summed E-state index contributed by atoms with van der Waals surface area (Å²) in [5, 5.41) is 10.3. The van der Waals surface area contributed by atoms with Crippen molar-refractivity contribution in [2.45, 2.75) is 13.5 Å². The number of amides is 1. The van der Waals surface area contributed by atoms with Gasteiger partial charge >= 0.3 is 0 Å². The first-order valence-corrected chi connectivity index (χ1v) is 7.00. The van der Waals surface area contributed by atoms with Gasteiger partial charge in [-0.25, -0.2) is 8.91 Å². The van der Waals surface area contributed by atoms with Gasteiger partial charge in [-0.3, -0.25) is 9.59 Å². The highest BCUT2D eigenvalue weighted by Gasteiger charge is 2.18. The Kier molecular flexibility index (Phi) is 3.83. The summed E-state index contributed by atoms with van der Waals surface area (Å²) in [5.41, 5.74) is 0.642. The molecule has 0 unspecified atom stereocenters. The maximum Gasteiger partial charge on any atom is 0.276 e. The molecule has 0 saturated heterocycles. The van der Waals surface area contributed by atoms with Gasteiger partial charge in [-0.05, 0) is 24.6 Å². The van der Waals surface area contributed by atoms with E-state index in [9.17, 15) is 14.0 Å². The first kappa shape index (κ1) is 15.2. The van der Waals surface area contributed by atoms with Gasteiger partial charge in [0.1, 0.15) is 5.82 Å². The molecule has 0 saturated carbocycles. The second kappa shape index (κ2) is 5.81. The number of halogens is 2. The average Bonchev–Trinajstić information content (AvgIpc) is 2.90. The number of aromatic nitrogens is 4. The molecule has 9 heteroatoms. The molecule has 0 aliphatic carbocycles. The standard InChI is InChI=1S/C14H11ClFN5O2/c1-7-6-21-12(14(23)18-7)11(19-20-21)13(22)17-5-8-2-3-9(16)4-10(8)15/h2-4,6H,5H2,1H3,(H,17,22)(H,18,23). The van der Waals surface area contributed by atoms with E-state index in [4.69, 9.17) is 11.6 Å². The van der Waals surface area contributed by atoms with E-state index in [2.05, 4.69) is 20.6 Å². The van der Waals surface area contributed by atoms with Crippen molar-refractivity contribution in [3.8, 4) is 0 Å². The highest BCUT2D eigenvalue weighted by atomic mass is 35.5. The van der Waals surface area contributed by atoms with Crippen molar-refractivity contribution in [3.63, 3.8) is 0 Å². The van der Waals surface area contributed by atoms with Crippen molar-refractivity contribution < 1.29 is 9.18 Å². The van der Waals surface area contributed by atoms with Crippen LogP contribution in [0.4, 0.5) is 4.39 Å². The molecule has 1 aromatic carbocycles. The van der Waals surface area contributed by atoms with Gasteiger partial charge in [0.25, 0.3) is 11.5 Å². The van der Waals surface area contributed by atoms with E-state index in [1.807, 2.05) is 0 Å². The fraction of sp³-hybridized carbons (Fsp3) is 0.143. The molecule has 0 bridgehead atoms. The minimum Gasteiger partial charge on any atom is -0.346 e. The molecule has 0 aliphatic rings. The Morgan fingerprint density at radius 3 is 3.00 bits per heavy atom. The van der Waals surface area contributed by atoms with Crippen LogP contribution < -0.4 is 10.9 Å². The third-order valence-electron chi connectivity index (χ3n) is 3.21. The van der Waals surface area contributed by atoms with E-state index < -0.39 is 17.3 Å². The van der Waals surface area contributed by atoms with E-state index in [0.29, 0.717) is 11.3 Å². The Labute approximate surface area is 134 Å². The number of benzene rings is 1. The maximum absolute atomic E-state index is 13.0. The van der Waals surface area contributed by atoms with Gasteiger partial charge in [0.2, 0.25) is 0 Å². The van der Waals surface area contributed by atoms with Crippen molar-refractivity contribution in [1.82, 2.24) is 25.1 Å². The third kappa shape index (κ3) is 2.93. The topological polar surface area (TPSA) is 92.2 Å². The fourth-order valence-electron chi connectivity index (χ4n) is 2.13. The number of carbonyl (C=O) groups is 1. The second-order valence-electron chi connectivity index (χ2n) is 4.92. The first-order chi connectivity index (χ1) is 11.0. The van der Waals surface area contributed by atoms with E-state index >= 15 is 0 Å². The molecule has 0 spiro atoms. The van der Waals surface area contributed by atoms with E-state index in [1.165, 1.54) is 16.6 Å². The van der Waals surface area contributed by atoms with Gasteiger partial charge in [-0.2, -0.15) is 0 Å². The lowest BCUT2D eigenvalue weighted by atomic mass is 10.2. The van der Waals surface area contributed by atoms with Crippen LogP contribution in [0.1, 0.15) is 21.7 Å². The third-order valence-corrected chi connectivity index (χ3v) is 3.56. The van der Waals surface area contributed by atoms with Crippen LogP contribution in [0, 0.1) is 12.7 Å². The average molecular weight is 336 g/mol. The highest BCUT2D eigenvalue weighted by Crippen LogP contribution is 2.17. The van der Waals surface area contributed by atoms with Crippen molar-refractivity contribution >= 4 is 23.0 Å². The molecule has 1 amide bonds. The predicted molar refractivity (Wildman–Crippen MR) is 80.9 cm³/mol. The van der Waals surface area contributed by atoms with Crippen molar-refractivity contribution in [2.24, 2.45) is 0 Å². The first-order valence-electron chi connectivity index (χ1n) is 6.63. The normalized spacial score (nSPS) is 10.9. The minimum atomic E-state index is -0.574. The lowest BCUT2D eigenvalue weighted by Crippen LogP contribution is -2.25. The zero-order chi connectivity index (χ0) is 16.6. The van der Waals surface area contributed by atoms with Crippen LogP contribution in [0.2, 0.25) is 5.02 Å². The number of hydrogen-bond donors (Lipinski definition) is 2. The molecule has 7 nitrogen and oxygen atoms in total. The summed E-state index contributed by atoms with van der Waals surface area (Å²) in [6.45, 7) is 1.76. The SMILES string of the molecule is Cc1cn2nnc(C(=O)NCc3ccc(F)cc3Cl)c2c(=O)[nH]1. The van der Waals surface area contributed by atoms with E-state index in [-0.39, 0.29) is 22.8 Å². The lowest BCUT2D eigenvalue weighted by Gasteiger charge is -2.05. The summed E-state index contributed by atoms with van der Waals surface area (Å²) in [5.74, 6) is -1.04. The van der Waals surface area contributed by atoms with Gasteiger partial charge in [0.05, 0.1) is 6.20 Å². The van der Waals surface area contributed by atoms with E-state index in [0.717, 1.165) is 6.07 Å². The molecule has 2 heterocycles. The fourth-order valence-corrected chi connectivity index (χ4v) is 2.36. The zero-order valence-corrected chi connectivity index (χ0v) is 12.7. The van der Waals surface area contributed by atoms with Crippen LogP contribution in [0.3, 0.4) is 0 Å². The minimum absolute atomic E-state index is 0.0540. The Morgan fingerprint density at radius 1 is 1.48 bits per heavy atom. The smallest absolute Gasteiger partial charge is 0.276 e. The zero-order valence-electron chi connectivity index (χ0n) is 11.9. The van der Waals surface area contributed by atoms with Gasteiger partial charge in [0.15, 0.2) is 11.2 Å². The summed E-state index contributed by atoms with van der Waals surface area (Å²) in [6.07, 6.45) is 1.55.